The number of rotatable bonds is 2. The van der Waals surface area contributed by atoms with E-state index in [9.17, 15) is 9.59 Å². The minimum absolute atomic E-state index is 0.171. The summed E-state index contributed by atoms with van der Waals surface area (Å²) in [5, 5.41) is 3.94. The van der Waals surface area contributed by atoms with Crippen LogP contribution in [-0.4, -0.2) is 5.91 Å². The van der Waals surface area contributed by atoms with Crippen molar-refractivity contribution in [2.75, 3.05) is 5.32 Å². The van der Waals surface area contributed by atoms with Crippen LogP contribution in [0.15, 0.2) is 51.7 Å². The van der Waals surface area contributed by atoms with Crippen molar-refractivity contribution in [2.24, 2.45) is 0 Å². The first-order chi connectivity index (χ1) is 11.0. The second kappa shape index (κ2) is 6.24. The van der Waals surface area contributed by atoms with Gasteiger partial charge in [0.2, 0.25) is 0 Å². The van der Waals surface area contributed by atoms with E-state index in [-0.39, 0.29) is 16.2 Å². The number of hydrogen-bond donors (Lipinski definition) is 1. The Morgan fingerprint density at radius 2 is 1.74 bits per heavy atom. The number of fused-ring (bicyclic) bond motifs is 1. The van der Waals surface area contributed by atoms with Gasteiger partial charge in [0.15, 0.2) is 5.58 Å². The van der Waals surface area contributed by atoms with Crippen molar-refractivity contribution in [3.8, 4) is 0 Å². The first-order valence-corrected chi connectivity index (χ1v) is 7.58. The zero-order valence-corrected chi connectivity index (χ0v) is 13.7. The van der Waals surface area contributed by atoms with Gasteiger partial charge in [0.25, 0.3) is 5.91 Å². The van der Waals surface area contributed by atoms with Crippen molar-refractivity contribution < 1.29 is 9.21 Å². The van der Waals surface area contributed by atoms with E-state index in [1.165, 1.54) is 12.1 Å². The van der Waals surface area contributed by atoms with Gasteiger partial charge in [-0.15, -0.1) is 0 Å². The fourth-order valence-electron chi connectivity index (χ4n) is 2.07. The molecule has 3 aromatic rings. The summed E-state index contributed by atoms with van der Waals surface area (Å²) in [6.45, 7) is 0. The smallest absolute Gasteiger partial charge is 0.349 e. The number of carbonyl (C=O) groups is 1. The summed E-state index contributed by atoms with van der Waals surface area (Å²) in [5.74, 6) is -0.634. The third-order valence-electron chi connectivity index (χ3n) is 3.12. The van der Waals surface area contributed by atoms with Crippen molar-refractivity contribution in [2.45, 2.75) is 0 Å². The Bertz CT molecular complexity index is 982. The van der Waals surface area contributed by atoms with Crippen LogP contribution in [0.1, 0.15) is 10.4 Å². The molecule has 1 amide bonds. The van der Waals surface area contributed by atoms with E-state index in [2.05, 4.69) is 5.32 Å². The van der Waals surface area contributed by atoms with Gasteiger partial charge in [-0.3, -0.25) is 4.79 Å². The largest absolute Gasteiger partial charge is 0.421 e. The van der Waals surface area contributed by atoms with Crippen molar-refractivity contribution >= 4 is 57.4 Å². The number of benzene rings is 2. The van der Waals surface area contributed by atoms with Crippen LogP contribution in [0.5, 0.6) is 0 Å². The number of halogens is 3. The molecule has 0 atom stereocenters. The van der Waals surface area contributed by atoms with Gasteiger partial charge in [-0.1, -0.05) is 46.9 Å². The minimum Gasteiger partial charge on any atom is -0.421 e. The molecule has 2 aromatic carbocycles. The highest BCUT2D eigenvalue weighted by Crippen LogP contribution is 2.27. The topological polar surface area (TPSA) is 59.3 Å². The van der Waals surface area contributed by atoms with E-state index in [0.29, 0.717) is 21.1 Å². The first kappa shape index (κ1) is 15.9. The molecule has 0 aliphatic rings. The number of para-hydroxylation sites is 1. The van der Waals surface area contributed by atoms with Crippen LogP contribution in [0.25, 0.3) is 11.0 Å². The highest BCUT2D eigenvalue weighted by Gasteiger charge is 2.16. The second-order valence-corrected chi connectivity index (χ2v) is 5.94. The van der Waals surface area contributed by atoms with Gasteiger partial charge < -0.3 is 9.73 Å². The Kier molecular flexibility index (Phi) is 4.31. The van der Waals surface area contributed by atoms with Crippen LogP contribution in [0.2, 0.25) is 15.1 Å². The van der Waals surface area contributed by atoms with Gasteiger partial charge in [-0.25, -0.2) is 4.79 Å². The van der Waals surface area contributed by atoms with E-state index in [0.717, 1.165) is 0 Å². The third-order valence-corrected chi connectivity index (χ3v) is 3.95. The molecule has 0 aliphatic heterocycles. The number of hydrogen-bond acceptors (Lipinski definition) is 3. The van der Waals surface area contributed by atoms with Gasteiger partial charge in [-0.2, -0.15) is 0 Å². The van der Waals surface area contributed by atoms with E-state index < -0.39 is 11.5 Å². The predicted octanol–water partition coefficient (Wildman–Crippen LogP) is 5.01. The van der Waals surface area contributed by atoms with Crippen molar-refractivity contribution in [3.63, 3.8) is 0 Å². The van der Waals surface area contributed by atoms with Gasteiger partial charge in [0.05, 0.1) is 15.7 Å². The second-order valence-electron chi connectivity index (χ2n) is 4.69. The molecule has 0 unspecified atom stereocenters. The summed E-state index contributed by atoms with van der Waals surface area (Å²) in [6, 6.07) is 11.1. The highest BCUT2D eigenvalue weighted by molar-refractivity contribution is 6.38. The number of amides is 1. The lowest BCUT2D eigenvalue weighted by molar-refractivity contribution is 0.102. The maximum Gasteiger partial charge on any atom is 0.349 e. The molecule has 0 saturated carbocycles. The molecule has 0 bridgehead atoms. The molecule has 3 rings (SSSR count). The van der Waals surface area contributed by atoms with Crippen LogP contribution >= 0.6 is 34.8 Å². The lowest BCUT2D eigenvalue weighted by Crippen LogP contribution is -2.20. The van der Waals surface area contributed by atoms with Gasteiger partial charge >= 0.3 is 5.63 Å². The minimum atomic E-state index is -0.800. The maximum absolute atomic E-state index is 12.3. The number of carbonyl (C=O) groups excluding carboxylic acids is 1. The average Bonchev–Trinajstić information content (AvgIpc) is 2.49. The van der Waals surface area contributed by atoms with Crippen molar-refractivity contribution in [1.82, 2.24) is 0 Å². The molecule has 0 spiro atoms. The Balaban J connectivity index is 2.06. The summed E-state index contributed by atoms with van der Waals surface area (Å²) in [7, 11) is 0. The molecule has 4 nitrogen and oxygen atoms in total. The molecule has 1 aromatic heterocycles. The third kappa shape index (κ3) is 3.20. The molecule has 0 fully saturated rings. The molecule has 23 heavy (non-hydrogen) atoms. The van der Waals surface area contributed by atoms with Gasteiger partial charge in [0.1, 0.15) is 5.56 Å². The SMILES string of the molecule is O=C(Nc1ccccc1Cl)c1cc2cc(Cl)cc(Cl)c2oc1=O. The van der Waals surface area contributed by atoms with Crippen molar-refractivity contribution in [1.29, 1.82) is 0 Å². The highest BCUT2D eigenvalue weighted by atomic mass is 35.5. The van der Waals surface area contributed by atoms with Crippen LogP contribution in [0, 0.1) is 0 Å². The molecule has 7 heteroatoms. The quantitative estimate of drug-likeness (QED) is 0.647. The summed E-state index contributed by atoms with van der Waals surface area (Å²) in [5.41, 5.74) is -0.403. The Labute approximate surface area is 145 Å². The van der Waals surface area contributed by atoms with E-state index >= 15 is 0 Å². The zero-order valence-electron chi connectivity index (χ0n) is 11.4. The Morgan fingerprint density at radius 1 is 1.00 bits per heavy atom. The van der Waals surface area contributed by atoms with Crippen LogP contribution in [-0.2, 0) is 0 Å². The molecule has 0 aliphatic carbocycles. The Hall–Kier alpha value is -2.01. The van der Waals surface area contributed by atoms with Crippen LogP contribution < -0.4 is 10.9 Å². The fraction of sp³-hybridized carbons (Fsp3) is 0. The number of nitrogens with one attached hydrogen (secondary N) is 1. The first-order valence-electron chi connectivity index (χ1n) is 6.44. The van der Waals surface area contributed by atoms with Crippen molar-refractivity contribution in [3.05, 3.63) is 73.5 Å². The summed E-state index contributed by atoms with van der Waals surface area (Å²) in [6.07, 6.45) is 0. The van der Waals surface area contributed by atoms with Gasteiger partial charge in [0, 0.05) is 10.4 Å². The fourth-order valence-corrected chi connectivity index (χ4v) is 2.80. The maximum atomic E-state index is 12.3. The molecule has 116 valence electrons. The normalized spacial score (nSPS) is 10.7. The monoisotopic (exact) mass is 367 g/mol. The lowest BCUT2D eigenvalue weighted by Gasteiger charge is -2.07. The molecular weight excluding hydrogens is 361 g/mol. The van der Waals surface area contributed by atoms with Crippen LogP contribution in [0.4, 0.5) is 5.69 Å². The van der Waals surface area contributed by atoms with E-state index in [1.54, 1.807) is 30.3 Å². The van der Waals surface area contributed by atoms with Crippen LogP contribution in [0.3, 0.4) is 0 Å². The average molecular weight is 369 g/mol. The zero-order chi connectivity index (χ0) is 16.6. The Morgan fingerprint density at radius 3 is 2.48 bits per heavy atom. The predicted molar refractivity (Wildman–Crippen MR) is 91.9 cm³/mol. The molecular formula is C16H8Cl3NO3. The molecule has 1 N–H and O–H groups in total. The summed E-state index contributed by atoms with van der Waals surface area (Å²) in [4.78, 5) is 24.3. The summed E-state index contributed by atoms with van der Waals surface area (Å²) < 4.78 is 5.13. The molecule has 0 saturated heterocycles. The lowest BCUT2D eigenvalue weighted by atomic mass is 10.1. The molecule has 0 radical (unpaired) electrons. The standard InChI is InChI=1S/C16H8Cl3NO3/c17-9-5-8-6-10(16(22)23-14(8)12(19)7-9)15(21)20-13-4-2-1-3-11(13)18/h1-7H,(H,20,21). The number of anilines is 1. The summed E-state index contributed by atoms with van der Waals surface area (Å²) >= 11 is 17.9. The van der Waals surface area contributed by atoms with Gasteiger partial charge in [-0.05, 0) is 30.3 Å². The van der Waals surface area contributed by atoms with E-state index in [1.807, 2.05) is 0 Å². The molecule has 1 heterocycles. The van der Waals surface area contributed by atoms with E-state index in [4.69, 9.17) is 39.2 Å².